The second kappa shape index (κ2) is 4.69. The summed E-state index contributed by atoms with van der Waals surface area (Å²) in [6.07, 6.45) is 0.908. The zero-order valence-electron chi connectivity index (χ0n) is 6.97. The molecule has 0 spiro atoms. The van der Waals surface area contributed by atoms with E-state index in [4.69, 9.17) is 0 Å². The minimum absolute atomic E-state index is 0. The molecule has 0 radical (unpaired) electrons. The summed E-state index contributed by atoms with van der Waals surface area (Å²) in [6.45, 7) is 7.95. The molecule has 2 nitrogen and oxygen atoms in total. The molecule has 0 rings (SSSR count). The number of carbonyl (C=O) groups excluding carboxylic acids is 1. The zero-order chi connectivity index (χ0) is 7.49. The summed E-state index contributed by atoms with van der Waals surface area (Å²) >= 11 is 0. The highest BCUT2D eigenvalue weighted by molar-refractivity contribution is 5.85. The van der Waals surface area contributed by atoms with Gasteiger partial charge in [0.15, 0.2) is 0 Å². The molecule has 0 aromatic rings. The molecule has 1 unspecified atom stereocenters. The Morgan fingerprint density at radius 2 is 1.80 bits per heavy atom. The van der Waals surface area contributed by atoms with Gasteiger partial charge in [0.2, 0.25) is 0 Å². The van der Waals surface area contributed by atoms with Gasteiger partial charge in [0.25, 0.3) is 0 Å². The van der Waals surface area contributed by atoms with Crippen LogP contribution in [-0.2, 0) is 4.79 Å². The van der Waals surface area contributed by atoms with E-state index in [1.807, 2.05) is 27.7 Å². The number of hydrogen-bond donors (Lipinski definition) is 1. The first-order valence-corrected chi connectivity index (χ1v) is 3.19. The summed E-state index contributed by atoms with van der Waals surface area (Å²) in [7, 11) is 0. The van der Waals surface area contributed by atoms with E-state index in [0.717, 1.165) is 6.29 Å². The van der Waals surface area contributed by atoms with Crippen LogP contribution in [0.2, 0.25) is 0 Å². The van der Waals surface area contributed by atoms with E-state index in [1.165, 1.54) is 0 Å². The largest absolute Gasteiger partial charge is 0.303 e. The fourth-order valence-corrected chi connectivity index (χ4v) is 0.717. The van der Waals surface area contributed by atoms with Crippen LogP contribution in [0.15, 0.2) is 0 Å². The van der Waals surface area contributed by atoms with Gasteiger partial charge in [-0.3, -0.25) is 0 Å². The maximum atomic E-state index is 10.1. The lowest BCUT2D eigenvalue weighted by Gasteiger charge is -2.22. The van der Waals surface area contributed by atoms with Crippen molar-refractivity contribution in [3.63, 3.8) is 0 Å². The summed E-state index contributed by atoms with van der Waals surface area (Å²) in [5, 5.41) is 3.10. The lowest BCUT2D eigenvalue weighted by atomic mass is 10.1. The fourth-order valence-electron chi connectivity index (χ4n) is 0.717. The van der Waals surface area contributed by atoms with E-state index in [9.17, 15) is 4.79 Å². The summed E-state index contributed by atoms with van der Waals surface area (Å²) in [6, 6.07) is -0.0370. The van der Waals surface area contributed by atoms with Crippen molar-refractivity contribution in [3.05, 3.63) is 0 Å². The van der Waals surface area contributed by atoms with Gasteiger partial charge in [-0.2, -0.15) is 0 Å². The van der Waals surface area contributed by atoms with Gasteiger partial charge in [-0.1, -0.05) is 0 Å². The highest BCUT2D eigenvalue weighted by Crippen LogP contribution is 1.98. The lowest BCUT2D eigenvalue weighted by molar-refractivity contribution is -0.109. The average Bonchev–Trinajstić information content (AvgIpc) is 1.62. The van der Waals surface area contributed by atoms with Crippen LogP contribution in [0.5, 0.6) is 0 Å². The number of carbonyl (C=O) groups is 1. The summed E-state index contributed by atoms with van der Waals surface area (Å²) in [5.41, 5.74) is 0.0420. The third-order valence-corrected chi connectivity index (χ3v) is 0.865. The van der Waals surface area contributed by atoms with Crippen molar-refractivity contribution >= 4 is 18.7 Å². The first-order chi connectivity index (χ1) is 3.95. The van der Waals surface area contributed by atoms with Crippen LogP contribution in [0.1, 0.15) is 27.7 Å². The van der Waals surface area contributed by atoms with Gasteiger partial charge >= 0.3 is 0 Å². The molecule has 0 amide bonds. The highest BCUT2D eigenvalue weighted by Gasteiger charge is 2.11. The monoisotopic (exact) mass is 165 g/mol. The van der Waals surface area contributed by atoms with Gasteiger partial charge in [-0.15, -0.1) is 12.4 Å². The van der Waals surface area contributed by atoms with Gasteiger partial charge in [-0.25, -0.2) is 0 Å². The van der Waals surface area contributed by atoms with E-state index < -0.39 is 0 Å². The molecular formula is C7H16ClNO. The van der Waals surface area contributed by atoms with Gasteiger partial charge in [-0.05, 0) is 27.7 Å². The molecule has 0 aliphatic rings. The Morgan fingerprint density at radius 1 is 1.40 bits per heavy atom. The third-order valence-electron chi connectivity index (χ3n) is 0.865. The molecule has 0 fully saturated rings. The van der Waals surface area contributed by atoms with Crippen LogP contribution < -0.4 is 5.32 Å². The Labute approximate surface area is 68.8 Å². The molecule has 1 atom stereocenters. The Balaban J connectivity index is 0. The number of halogens is 1. The maximum Gasteiger partial charge on any atom is 0.136 e. The average molecular weight is 166 g/mol. The second-order valence-corrected chi connectivity index (χ2v) is 3.32. The number of nitrogens with one attached hydrogen (secondary N) is 1. The maximum absolute atomic E-state index is 10.1. The van der Waals surface area contributed by atoms with Gasteiger partial charge in [0.05, 0.1) is 6.04 Å². The first-order valence-electron chi connectivity index (χ1n) is 3.19. The summed E-state index contributed by atoms with van der Waals surface area (Å²) in [4.78, 5) is 10.1. The molecular weight excluding hydrogens is 150 g/mol. The Kier molecular flexibility index (Phi) is 5.90. The number of rotatable bonds is 2. The molecule has 0 aromatic carbocycles. The van der Waals surface area contributed by atoms with Crippen LogP contribution >= 0.6 is 12.4 Å². The van der Waals surface area contributed by atoms with Crippen LogP contribution in [0.25, 0.3) is 0 Å². The van der Waals surface area contributed by atoms with E-state index in [2.05, 4.69) is 5.32 Å². The SMILES string of the molecule is CC(C=O)NC(C)(C)C.Cl. The van der Waals surface area contributed by atoms with Crippen molar-refractivity contribution in [2.24, 2.45) is 0 Å². The Morgan fingerprint density at radius 3 is 1.90 bits per heavy atom. The van der Waals surface area contributed by atoms with Crippen LogP contribution in [0.4, 0.5) is 0 Å². The molecule has 1 N–H and O–H groups in total. The van der Waals surface area contributed by atoms with Crippen LogP contribution in [-0.4, -0.2) is 17.9 Å². The van der Waals surface area contributed by atoms with Gasteiger partial charge < -0.3 is 10.1 Å². The van der Waals surface area contributed by atoms with Crippen molar-refractivity contribution in [3.8, 4) is 0 Å². The second-order valence-electron chi connectivity index (χ2n) is 3.32. The van der Waals surface area contributed by atoms with E-state index in [0.29, 0.717) is 0 Å². The van der Waals surface area contributed by atoms with Crippen molar-refractivity contribution in [2.75, 3.05) is 0 Å². The minimum Gasteiger partial charge on any atom is -0.303 e. The zero-order valence-corrected chi connectivity index (χ0v) is 7.79. The summed E-state index contributed by atoms with van der Waals surface area (Å²) in [5.74, 6) is 0. The lowest BCUT2D eigenvalue weighted by Crippen LogP contribution is -2.42. The van der Waals surface area contributed by atoms with Crippen molar-refractivity contribution < 1.29 is 4.79 Å². The van der Waals surface area contributed by atoms with Crippen molar-refractivity contribution in [1.29, 1.82) is 0 Å². The molecule has 0 bridgehead atoms. The highest BCUT2D eigenvalue weighted by atomic mass is 35.5. The summed E-state index contributed by atoms with van der Waals surface area (Å²) < 4.78 is 0. The minimum atomic E-state index is -0.0370. The molecule has 10 heavy (non-hydrogen) atoms. The molecule has 0 aliphatic heterocycles. The molecule has 0 aromatic heterocycles. The normalized spacial score (nSPS) is 13.6. The standard InChI is InChI=1S/C7H15NO.ClH/c1-6(5-9)8-7(2,3)4;/h5-6,8H,1-4H3;1H. The molecule has 0 heterocycles. The predicted molar refractivity (Wildman–Crippen MR) is 45.7 cm³/mol. The molecule has 0 aliphatic carbocycles. The van der Waals surface area contributed by atoms with Crippen molar-refractivity contribution in [1.82, 2.24) is 5.32 Å². The van der Waals surface area contributed by atoms with Crippen LogP contribution in [0, 0.1) is 0 Å². The molecule has 0 saturated heterocycles. The fraction of sp³-hybridized carbons (Fsp3) is 0.857. The quantitative estimate of drug-likeness (QED) is 0.627. The Bertz CT molecular complexity index is 98.3. The predicted octanol–water partition coefficient (Wildman–Crippen LogP) is 1.38. The van der Waals surface area contributed by atoms with Crippen molar-refractivity contribution in [2.45, 2.75) is 39.3 Å². The van der Waals surface area contributed by atoms with E-state index in [1.54, 1.807) is 0 Å². The van der Waals surface area contributed by atoms with Gasteiger partial charge in [0.1, 0.15) is 6.29 Å². The molecule has 0 saturated carbocycles. The smallest absolute Gasteiger partial charge is 0.136 e. The number of hydrogen-bond acceptors (Lipinski definition) is 2. The number of aldehydes is 1. The molecule has 3 heteroatoms. The third kappa shape index (κ3) is 7.92. The topological polar surface area (TPSA) is 29.1 Å². The van der Waals surface area contributed by atoms with Gasteiger partial charge in [0, 0.05) is 5.54 Å². The van der Waals surface area contributed by atoms with Crippen LogP contribution in [0.3, 0.4) is 0 Å². The molecule has 62 valence electrons. The first kappa shape index (κ1) is 12.6. The Hall–Kier alpha value is -0.0800. The van der Waals surface area contributed by atoms with E-state index >= 15 is 0 Å². The van der Waals surface area contributed by atoms with E-state index in [-0.39, 0.29) is 24.0 Å².